The third kappa shape index (κ3) is 0.895. The third-order valence-corrected chi connectivity index (χ3v) is 0.896. The SMILES string of the molecule is NC([O-])=C1N=C[NH2+]C1=O. The van der Waals surface area contributed by atoms with Crippen LogP contribution in [-0.4, -0.2) is 12.2 Å². The molecule has 5 nitrogen and oxygen atoms in total. The van der Waals surface area contributed by atoms with Gasteiger partial charge < -0.3 is 10.8 Å². The van der Waals surface area contributed by atoms with Gasteiger partial charge in [0.1, 0.15) is 0 Å². The summed E-state index contributed by atoms with van der Waals surface area (Å²) in [5.74, 6) is -1.19. The highest BCUT2D eigenvalue weighted by atomic mass is 16.3. The van der Waals surface area contributed by atoms with Crippen molar-refractivity contribution in [2.45, 2.75) is 0 Å². The fourth-order valence-corrected chi connectivity index (χ4v) is 0.507. The van der Waals surface area contributed by atoms with E-state index in [0.717, 1.165) is 0 Å². The molecule has 0 aliphatic carbocycles. The van der Waals surface area contributed by atoms with E-state index in [0.29, 0.717) is 0 Å². The second-order valence-corrected chi connectivity index (χ2v) is 1.52. The Morgan fingerprint density at radius 3 is 2.78 bits per heavy atom. The monoisotopic (exact) mass is 127 g/mol. The number of amides is 1. The highest BCUT2D eigenvalue weighted by Gasteiger charge is 2.17. The molecule has 0 spiro atoms. The number of quaternary nitrogens is 1. The number of rotatable bonds is 0. The summed E-state index contributed by atoms with van der Waals surface area (Å²) in [7, 11) is 0. The number of nitrogens with zero attached hydrogens (tertiary/aromatic N) is 1. The van der Waals surface area contributed by atoms with Gasteiger partial charge >= 0.3 is 5.91 Å². The standard InChI is InChI=1S/C4H5N3O2/c5-3(8)2-4(9)7-1-6-2/h1,8H,5H2,(H,6,7,9). The average Bonchev–Trinajstić information content (AvgIpc) is 2.13. The van der Waals surface area contributed by atoms with Crippen molar-refractivity contribution in [3.8, 4) is 0 Å². The van der Waals surface area contributed by atoms with Crippen LogP contribution in [0.5, 0.6) is 0 Å². The summed E-state index contributed by atoms with van der Waals surface area (Å²) in [5, 5.41) is 11.4. The van der Waals surface area contributed by atoms with Gasteiger partial charge in [0.05, 0.1) is 0 Å². The zero-order valence-corrected chi connectivity index (χ0v) is 4.50. The van der Waals surface area contributed by atoms with E-state index in [4.69, 9.17) is 5.73 Å². The minimum absolute atomic E-state index is 0.185. The van der Waals surface area contributed by atoms with Crippen LogP contribution < -0.4 is 16.2 Å². The highest BCUT2D eigenvalue weighted by Crippen LogP contribution is 1.94. The number of aliphatic imine (C=N–C) groups is 1. The maximum atomic E-state index is 10.5. The van der Waals surface area contributed by atoms with E-state index in [9.17, 15) is 9.90 Å². The van der Waals surface area contributed by atoms with E-state index < -0.39 is 11.8 Å². The second-order valence-electron chi connectivity index (χ2n) is 1.52. The zero-order chi connectivity index (χ0) is 6.85. The topological polar surface area (TPSA) is 95.1 Å². The van der Waals surface area contributed by atoms with Crippen molar-refractivity contribution in [2.75, 3.05) is 0 Å². The molecule has 0 unspecified atom stereocenters. The Morgan fingerprint density at radius 1 is 1.89 bits per heavy atom. The summed E-state index contributed by atoms with van der Waals surface area (Å²) >= 11 is 0. The van der Waals surface area contributed by atoms with Gasteiger partial charge in [0.2, 0.25) is 0 Å². The Kier molecular flexibility index (Phi) is 1.20. The Morgan fingerprint density at radius 2 is 2.56 bits per heavy atom. The van der Waals surface area contributed by atoms with Gasteiger partial charge in [0.25, 0.3) is 0 Å². The summed E-state index contributed by atoms with van der Waals surface area (Å²) in [5.41, 5.74) is 4.57. The van der Waals surface area contributed by atoms with E-state index in [2.05, 4.69) is 4.99 Å². The van der Waals surface area contributed by atoms with Gasteiger partial charge in [-0.05, 0) is 5.88 Å². The third-order valence-electron chi connectivity index (χ3n) is 0.896. The summed E-state index contributed by atoms with van der Waals surface area (Å²) in [4.78, 5) is 13.9. The van der Waals surface area contributed by atoms with Crippen LogP contribution in [0.15, 0.2) is 16.6 Å². The Labute approximate surface area is 50.9 Å². The first-order valence-corrected chi connectivity index (χ1v) is 2.30. The molecule has 0 bridgehead atoms. The molecule has 0 aromatic rings. The van der Waals surface area contributed by atoms with Crippen molar-refractivity contribution < 1.29 is 15.2 Å². The quantitative estimate of drug-likeness (QED) is 0.262. The van der Waals surface area contributed by atoms with E-state index in [1.807, 2.05) is 0 Å². The molecule has 5 heteroatoms. The number of hydrogen-bond donors (Lipinski definition) is 2. The lowest BCUT2D eigenvalue weighted by molar-refractivity contribution is -0.434. The first-order chi connectivity index (χ1) is 4.22. The largest absolute Gasteiger partial charge is 0.859 e. The van der Waals surface area contributed by atoms with Crippen LogP contribution in [0.1, 0.15) is 0 Å². The van der Waals surface area contributed by atoms with Crippen molar-refractivity contribution in [2.24, 2.45) is 10.7 Å². The van der Waals surface area contributed by atoms with Crippen LogP contribution in [0.25, 0.3) is 0 Å². The maximum Gasteiger partial charge on any atom is 0.367 e. The molecule has 0 fully saturated rings. The number of nitrogens with two attached hydrogens (primary N) is 2. The Balaban J connectivity index is 2.95. The number of carbonyl (C=O) groups excluding carboxylic acids is 1. The molecule has 1 aliphatic rings. The van der Waals surface area contributed by atoms with Gasteiger partial charge in [-0.1, -0.05) is 0 Å². The summed E-state index contributed by atoms with van der Waals surface area (Å²) in [6, 6.07) is 0. The Bertz CT molecular complexity index is 202. The van der Waals surface area contributed by atoms with Crippen LogP contribution in [0.4, 0.5) is 0 Å². The zero-order valence-electron chi connectivity index (χ0n) is 4.50. The lowest BCUT2D eigenvalue weighted by atomic mass is 10.4. The predicted molar refractivity (Wildman–Crippen MR) is 26.6 cm³/mol. The van der Waals surface area contributed by atoms with Gasteiger partial charge in [-0.15, -0.1) is 0 Å². The molecular formula is C4H5N3O2. The fraction of sp³-hybridized carbons (Fsp3) is 0. The van der Waals surface area contributed by atoms with Crippen LogP contribution in [0.2, 0.25) is 0 Å². The normalized spacial score (nSPS) is 22.9. The summed E-state index contributed by atoms with van der Waals surface area (Å²) in [6.45, 7) is 0. The molecule has 0 atom stereocenters. The van der Waals surface area contributed by atoms with Crippen LogP contribution >= 0.6 is 0 Å². The number of hydrogen-bond acceptors (Lipinski definition) is 4. The van der Waals surface area contributed by atoms with Gasteiger partial charge in [-0.3, -0.25) is 0 Å². The van der Waals surface area contributed by atoms with Gasteiger partial charge in [-0.25, -0.2) is 10.1 Å². The molecule has 4 N–H and O–H groups in total. The van der Waals surface area contributed by atoms with E-state index in [1.165, 1.54) is 11.7 Å². The molecule has 1 rings (SSSR count). The maximum absolute atomic E-state index is 10.5. The predicted octanol–water partition coefficient (Wildman–Crippen LogP) is -3.39. The molecule has 1 amide bonds. The number of carbonyl (C=O) groups is 1. The second kappa shape index (κ2) is 1.87. The van der Waals surface area contributed by atoms with Crippen LogP contribution in [-0.2, 0) is 4.79 Å². The average molecular weight is 127 g/mol. The number of primary amides is 1. The van der Waals surface area contributed by atoms with Gasteiger partial charge in [-0.2, -0.15) is 4.99 Å². The molecule has 48 valence electrons. The molecule has 9 heavy (non-hydrogen) atoms. The molecular weight excluding hydrogens is 122 g/mol. The molecule has 0 aromatic heterocycles. The van der Waals surface area contributed by atoms with Crippen molar-refractivity contribution in [1.82, 2.24) is 0 Å². The van der Waals surface area contributed by atoms with Crippen molar-refractivity contribution in [3.63, 3.8) is 0 Å². The van der Waals surface area contributed by atoms with Crippen molar-refractivity contribution in [3.05, 3.63) is 11.6 Å². The highest BCUT2D eigenvalue weighted by molar-refractivity contribution is 5.93. The summed E-state index contributed by atoms with van der Waals surface area (Å²) in [6.07, 6.45) is 1.25. The van der Waals surface area contributed by atoms with E-state index in [-0.39, 0.29) is 5.70 Å². The minimum atomic E-state index is -0.773. The lowest BCUT2D eigenvalue weighted by Gasteiger charge is -2.01. The fourth-order valence-electron chi connectivity index (χ4n) is 0.507. The first kappa shape index (κ1) is 5.77. The smallest absolute Gasteiger partial charge is 0.367 e. The van der Waals surface area contributed by atoms with Crippen molar-refractivity contribution >= 4 is 12.2 Å². The molecule has 1 heterocycles. The molecule has 0 aromatic carbocycles. The molecule has 0 saturated heterocycles. The molecule has 1 aliphatic heterocycles. The minimum Gasteiger partial charge on any atom is -0.859 e. The lowest BCUT2D eigenvalue weighted by Crippen LogP contribution is -2.84. The van der Waals surface area contributed by atoms with Crippen molar-refractivity contribution in [1.29, 1.82) is 0 Å². The molecule has 0 saturated carbocycles. The van der Waals surface area contributed by atoms with E-state index in [1.54, 1.807) is 0 Å². The first-order valence-electron chi connectivity index (χ1n) is 2.30. The Hall–Kier alpha value is -1.36. The van der Waals surface area contributed by atoms with Crippen LogP contribution in [0, 0.1) is 0 Å². The van der Waals surface area contributed by atoms with Gasteiger partial charge in [0, 0.05) is 0 Å². The summed E-state index contributed by atoms with van der Waals surface area (Å²) < 4.78 is 0. The van der Waals surface area contributed by atoms with E-state index >= 15 is 0 Å². The van der Waals surface area contributed by atoms with Gasteiger partial charge in [0.15, 0.2) is 12.0 Å². The van der Waals surface area contributed by atoms with Crippen LogP contribution in [0.3, 0.4) is 0 Å². The molecule has 0 radical (unpaired) electrons.